The molecule has 0 aromatic heterocycles. The van der Waals surface area contributed by atoms with Gasteiger partial charge >= 0.3 is 5.97 Å². The Morgan fingerprint density at radius 3 is 1.80 bits per heavy atom. The summed E-state index contributed by atoms with van der Waals surface area (Å²) in [5, 5.41) is 45.3. The maximum Gasteiger partial charge on any atom is 0.328 e. The zero-order chi connectivity index (χ0) is 26.9. The summed E-state index contributed by atoms with van der Waals surface area (Å²) in [4.78, 5) is 49.8. The number of carboxylic acids is 1. The zero-order valence-corrected chi connectivity index (χ0v) is 20.3. The molecule has 1 aromatic rings. The number of benzene rings is 1. The van der Waals surface area contributed by atoms with E-state index < -0.39 is 60.1 Å². The topological polar surface area (TPSA) is 211 Å². The number of aromatic hydroxyl groups is 1. The molecule has 35 heavy (non-hydrogen) atoms. The average Bonchev–Trinajstić information content (AvgIpc) is 2.76. The van der Waals surface area contributed by atoms with Gasteiger partial charge in [0.1, 0.15) is 23.9 Å². The summed E-state index contributed by atoms with van der Waals surface area (Å²) in [5.41, 5.74) is 6.21. The second-order valence-corrected chi connectivity index (χ2v) is 8.95. The standard InChI is InChI=1S/C23H36N4O8/c1-11(2)9-16(26-22(33)18(24)12(3)28)20(31)25-17(10-14-5-7-15(30)8-6-14)21(32)27-19(13(4)29)23(34)35/h5-8,11-13,16-19,28-30H,9-10,24H2,1-4H3,(H,25,31)(H,26,33)(H,27,32)(H,34,35). The maximum atomic E-state index is 13.1. The van der Waals surface area contributed by atoms with E-state index in [0.717, 1.165) is 0 Å². The number of amides is 3. The molecule has 0 spiro atoms. The van der Waals surface area contributed by atoms with Gasteiger partial charge in [0.2, 0.25) is 17.7 Å². The fourth-order valence-electron chi connectivity index (χ4n) is 3.18. The van der Waals surface area contributed by atoms with Gasteiger partial charge < -0.3 is 42.1 Å². The molecular weight excluding hydrogens is 460 g/mol. The van der Waals surface area contributed by atoms with Crippen molar-refractivity contribution in [1.82, 2.24) is 16.0 Å². The summed E-state index contributed by atoms with van der Waals surface area (Å²) in [6.07, 6.45) is -2.43. The molecule has 0 saturated heterocycles. The molecule has 0 radical (unpaired) electrons. The molecule has 3 amide bonds. The van der Waals surface area contributed by atoms with E-state index in [1.165, 1.54) is 38.1 Å². The average molecular weight is 497 g/mol. The van der Waals surface area contributed by atoms with Gasteiger partial charge in [-0.15, -0.1) is 0 Å². The van der Waals surface area contributed by atoms with E-state index in [9.17, 15) is 39.6 Å². The number of aliphatic hydroxyl groups excluding tert-OH is 2. The van der Waals surface area contributed by atoms with Gasteiger partial charge in [0.05, 0.1) is 12.2 Å². The molecule has 0 saturated carbocycles. The number of rotatable bonds is 13. The lowest BCUT2D eigenvalue weighted by Gasteiger charge is -2.27. The fraction of sp³-hybridized carbons (Fsp3) is 0.565. The van der Waals surface area contributed by atoms with Crippen molar-refractivity contribution in [3.05, 3.63) is 29.8 Å². The van der Waals surface area contributed by atoms with Crippen LogP contribution in [0.1, 0.15) is 39.7 Å². The minimum Gasteiger partial charge on any atom is -0.508 e. The van der Waals surface area contributed by atoms with Gasteiger partial charge in [-0.1, -0.05) is 26.0 Å². The van der Waals surface area contributed by atoms with Crippen LogP contribution in [-0.4, -0.2) is 80.5 Å². The first-order valence-corrected chi connectivity index (χ1v) is 11.3. The van der Waals surface area contributed by atoms with Gasteiger partial charge in [-0.3, -0.25) is 14.4 Å². The molecule has 0 bridgehead atoms. The van der Waals surface area contributed by atoms with Gasteiger partial charge in [-0.2, -0.15) is 0 Å². The van der Waals surface area contributed by atoms with Crippen molar-refractivity contribution in [2.45, 2.75) is 76.9 Å². The lowest BCUT2D eigenvalue weighted by atomic mass is 10.00. The van der Waals surface area contributed by atoms with Crippen molar-refractivity contribution in [1.29, 1.82) is 0 Å². The Balaban J connectivity index is 3.17. The molecule has 12 nitrogen and oxygen atoms in total. The van der Waals surface area contributed by atoms with Crippen LogP contribution in [0.15, 0.2) is 24.3 Å². The number of aliphatic hydroxyl groups is 2. The Morgan fingerprint density at radius 1 is 0.829 bits per heavy atom. The van der Waals surface area contributed by atoms with Crippen molar-refractivity contribution < 1.29 is 39.6 Å². The summed E-state index contributed by atoms with van der Waals surface area (Å²) < 4.78 is 0. The highest BCUT2D eigenvalue weighted by molar-refractivity contribution is 5.94. The third-order valence-electron chi connectivity index (χ3n) is 5.22. The summed E-state index contributed by atoms with van der Waals surface area (Å²) in [7, 11) is 0. The molecule has 0 heterocycles. The van der Waals surface area contributed by atoms with Crippen molar-refractivity contribution in [3.63, 3.8) is 0 Å². The van der Waals surface area contributed by atoms with Crippen LogP contribution in [0.3, 0.4) is 0 Å². The van der Waals surface area contributed by atoms with Crippen LogP contribution in [0.5, 0.6) is 5.75 Å². The van der Waals surface area contributed by atoms with E-state index >= 15 is 0 Å². The van der Waals surface area contributed by atoms with E-state index in [1.54, 1.807) is 0 Å². The molecule has 6 atom stereocenters. The normalized spacial score (nSPS) is 16.3. The third-order valence-corrected chi connectivity index (χ3v) is 5.22. The van der Waals surface area contributed by atoms with Gasteiger partial charge in [0.25, 0.3) is 0 Å². The third kappa shape index (κ3) is 9.89. The number of carbonyl (C=O) groups is 4. The Morgan fingerprint density at radius 2 is 1.34 bits per heavy atom. The van der Waals surface area contributed by atoms with Gasteiger partial charge in [-0.05, 0) is 43.9 Å². The van der Waals surface area contributed by atoms with E-state index in [0.29, 0.717) is 5.56 Å². The molecular formula is C23H36N4O8. The number of hydrogen-bond acceptors (Lipinski definition) is 8. The molecule has 0 aliphatic heterocycles. The lowest BCUT2D eigenvalue weighted by Crippen LogP contribution is -2.59. The number of phenolic OH excluding ortho intramolecular Hbond substituents is 1. The first-order valence-electron chi connectivity index (χ1n) is 11.3. The molecule has 0 aliphatic carbocycles. The highest BCUT2D eigenvalue weighted by Crippen LogP contribution is 2.13. The number of hydrogen-bond donors (Lipinski definition) is 8. The van der Waals surface area contributed by atoms with Crippen molar-refractivity contribution in [2.24, 2.45) is 11.7 Å². The Kier molecular flexibility index (Phi) is 11.6. The van der Waals surface area contributed by atoms with E-state index in [2.05, 4.69) is 16.0 Å². The Bertz CT molecular complexity index is 873. The molecule has 12 heteroatoms. The minimum atomic E-state index is -1.61. The van der Waals surface area contributed by atoms with Crippen LogP contribution < -0.4 is 21.7 Å². The first kappa shape index (κ1) is 29.8. The molecule has 9 N–H and O–H groups in total. The smallest absolute Gasteiger partial charge is 0.328 e. The number of phenols is 1. The van der Waals surface area contributed by atoms with E-state index in [4.69, 9.17) is 5.73 Å². The van der Waals surface area contributed by atoms with Crippen molar-refractivity contribution in [2.75, 3.05) is 0 Å². The maximum absolute atomic E-state index is 13.1. The van der Waals surface area contributed by atoms with E-state index in [1.807, 2.05) is 13.8 Å². The summed E-state index contributed by atoms with van der Waals surface area (Å²) >= 11 is 0. The summed E-state index contributed by atoms with van der Waals surface area (Å²) in [6.45, 7) is 6.18. The van der Waals surface area contributed by atoms with Crippen molar-refractivity contribution in [3.8, 4) is 5.75 Å². The Hall–Kier alpha value is -3.22. The van der Waals surface area contributed by atoms with Crippen molar-refractivity contribution >= 4 is 23.7 Å². The second kappa shape index (κ2) is 13.6. The number of nitrogens with one attached hydrogen (secondary N) is 3. The van der Waals surface area contributed by atoms with Gasteiger partial charge in [0.15, 0.2) is 6.04 Å². The SMILES string of the molecule is CC(C)CC(NC(=O)C(N)C(C)O)C(=O)NC(Cc1ccc(O)cc1)C(=O)NC(C(=O)O)C(C)O. The predicted octanol–water partition coefficient (Wildman–Crippen LogP) is -1.39. The lowest BCUT2D eigenvalue weighted by molar-refractivity contribution is -0.145. The largest absolute Gasteiger partial charge is 0.508 e. The monoisotopic (exact) mass is 496 g/mol. The summed E-state index contributed by atoms with van der Waals surface area (Å²) in [6, 6.07) is 0.592. The molecule has 196 valence electrons. The number of carboxylic acid groups (broad SMARTS) is 1. The zero-order valence-electron chi connectivity index (χ0n) is 20.3. The quantitative estimate of drug-likeness (QED) is 0.161. The predicted molar refractivity (Wildman–Crippen MR) is 126 cm³/mol. The van der Waals surface area contributed by atoms with Crippen LogP contribution in [0.2, 0.25) is 0 Å². The molecule has 0 fully saturated rings. The minimum absolute atomic E-state index is 0.00649. The van der Waals surface area contributed by atoms with E-state index in [-0.39, 0.29) is 24.5 Å². The Labute approximate surface area is 203 Å². The van der Waals surface area contributed by atoms with Crippen LogP contribution in [0.25, 0.3) is 0 Å². The summed E-state index contributed by atoms with van der Waals surface area (Å²) in [5.74, 6) is -3.83. The van der Waals surface area contributed by atoms with Gasteiger partial charge in [0, 0.05) is 6.42 Å². The van der Waals surface area contributed by atoms with Crippen LogP contribution in [0, 0.1) is 5.92 Å². The fourth-order valence-corrected chi connectivity index (χ4v) is 3.18. The molecule has 1 rings (SSSR count). The number of carbonyl (C=O) groups excluding carboxylic acids is 3. The van der Waals surface area contributed by atoms with Crippen LogP contribution >= 0.6 is 0 Å². The van der Waals surface area contributed by atoms with Crippen LogP contribution in [-0.2, 0) is 25.6 Å². The first-order chi connectivity index (χ1) is 16.2. The number of nitrogens with two attached hydrogens (primary N) is 1. The number of aliphatic carboxylic acids is 1. The van der Waals surface area contributed by atoms with Crippen LogP contribution in [0.4, 0.5) is 0 Å². The molecule has 1 aromatic carbocycles. The second-order valence-electron chi connectivity index (χ2n) is 8.95. The van der Waals surface area contributed by atoms with Gasteiger partial charge in [-0.25, -0.2) is 4.79 Å². The highest BCUT2D eigenvalue weighted by atomic mass is 16.4. The molecule has 0 aliphatic rings. The molecule has 6 unspecified atom stereocenters. The highest BCUT2D eigenvalue weighted by Gasteiger charge is 2.32.